The Labute approximate surface area is 127 Å². The Hall–Kier alpha value is -1.20. The second kappa shape index (κ2) is 6.30. The molecule has 96 valence electrons. The highest BCUT2D eigenvalue weighted by Gasteiger charge is 2.13. The van der Waals surface area contributed by atoms with Crippen molar-refractivity contribution >= 4 is 34.8 Å². The fraction of sp³-hybridized carbons (Fsp3) is 0.133. The first kappa shape index (κ1) is 14.2. The Balaban J connectivity index is 2.24. The molecule has 19 heavy (non-hydrogen) atoms. The van der Waals surface area contributed by atoms with E-state index in [4.69, 9.17) is 34.8 Å². The lowest BCUT2D eigenvalue weighted by Gasteiger charge is -2.11. The summed E-state index contributed by atoms with van der Waals surface area (Å²) in [4.78, 5) is 0. The van der Waals surface area contributed by atoms with Gasteiger partial charge in [0.1, 0.15) is 0 Å². The summed E-state index contributed by atoms with van der Waals surface area (Å²) in [6.45, 7) is 0. The largest absolute Gasteiger partial charge is 0.198 e. The summed E-state index contributed by atoms with van der Waals surface area (Å²) in [6, 6.07) is 14.9. The van der Waals surface area contributed by atoms with E-state index in [1.54, 1.807) is 24.3 Å². The molecule has 0 fully saturated rings. The summed E-state index contributed by atoms with van der Waals surface area (Å²) in [6.07, 6.45) is 0.550. The number of halogens is 3. The van der Waals surface area contributed by atoms with Gasteiger partial charge in [-0.15, -0.1) is 0 Å². The maximum Gasteiger partial charge on any atom is 0.0753 e. The van der Waals surface area contributed by atoms with E-state index < -0.39 is 0 Å². The van der Waals surface area contributed by atoms with E-state index >= 15 is 0 Å². The minimum absolute atomic E-state index is 0.254. The lowest BCUT2D eigenvalue weighted by atomic mass is 9.93. The topological polar surface area (TPSA) is 23.8 Å². The molecule has 0 bridgehead atoms. The quantitative estimate of drug-likeness (QED) is 0.734. The van der Waals surface area contributed by atoms with Gasteiger partial charge in [-0.25, -0.2) is 0 Å². The first-order valence-corrected chi connectivity index (χ1v) is 6.82. The van der Waals surface area contributed by atoms with E-state index in [9.17, 15) is 5.26 Å². The van der Waals surface area contributed by atoms with Crippen LogP contribution in [0.3, 0.4) is 0 Å². The first-order valence-electron chi connectivity index (χ1n) is 5.69. The molecule has 0 aliphatic carbocycles. The van der Waals surface area contributed by atoms with Crippen LogP contribution < -0.4 is 0 Å². The first-order chi connectivity index (χ1) is 9.10. The number of rotatable bonds is 3. The summed E-state index contributed by atoms with van der Waals surface area (Å²) < 4.78 is 0. The van der Waals surface area contributed by atoms with Crippen molar-refractivity contribution in [2.75, 3.05) is 0 Å². The molecule has 0 aliphatic heterocycles. The van der Waals surface area contributed by atoms with Crippen LogP contribution in [0.4, 0.5) is 0 Å². The standard InChI is InChI=1S/C15H10Cl3N/c16-13-4-1-10(2-5-13)12(9-19)7-11-3-6-14(17)8-15(11)18/h1-6,8,12H,7H2/t12-/m0/s1. The van der Waals surface area contributed by atoms with Crippen LogP contribution >= 0.6 is 34.8 Å². The fourth-order valence-electron chi connectivity index (χ4n) is 1.84. The molecule has 0 radical (unpaired) electrons. The van der Waals surface area contributed by atoms with E-state index in [2.05, 4.69) is 6.07 Å². The molecule has 4 heteroatoms. The lowest BCUT2D eigenvalue weighted by molar-refractivity contribution is 0.849. The number of benzene rings is 2. The van der Waals surface area contributed by atoms with Gasteiger partial charge in [0.15, 0.2) is 0 Å². The van der Waals surface area contributed by atoms with Crippen LogP contribution in [0, 0.1) is 11.3 Å². The van der Waals surface area contributed by atoms with Crippen molar-refractivity contribution in [1.29, 1.82) is 5.26 Å². The molecular weight excluding hydrogens is 301 g/mol. The molecule has 0 saturated heterocycles. The minimum Gasteiger partial charge on any atom is -0.198 e. The molecule has 1 nitrogen and oxygen atoms in total. The third-order valence-electron chi connectivity index (χ3n) is 2.87. The average Bonchev–Trinajstić information content (AvgIpc) is 2.39. The van der Waals surface area contributed by atoms with Gasteiger partial charge in [-0.2, -0.15) is 5.26 Å². The molecule has 0 amide bonds. The molecule has 0 unspecified atom stereocenters. The summed E-state index contributed by atoms with van der Waals surface area (Å²) in [5.41, 5.74) is 1.84. The van der Waals surface area contributed by atoms with Crippen molar-refractivity contribution in [3.05, 3.63) is 68.7 Å². The SMILES string of the molecule is N#C[C@H](Cc1ccc(Cl)cc1Cl)c1ccc(Cl)cc1. The van der Waals surface area contributed by atoms with Crippen molar-refractivity contribution in [3.8, 4) is 6.07 Å². The van der Waals surface area contributed by atoms with E-state index in [1.165, 1.54) is 0 Å². The van der Waals surface area contributed by atoms with Crippen LogP contribution in [0.25, 0.3) is 0 Å². The molecule has 0 spiro atoms. The molecule has 2 aromatic rings. The second-order valence-electron chi connectivity index (χ2n) is 4.17. The predicted octanol–water partition coefficient (Wildman–Crippen LogP) is 5.50. The number of nitrogens with zero attached hydrogens (tertiary/aromatic N) is 1. The zero-order valence-corrected chi connectivity index (χ0v) is 12.2. The van der Waals surface area contributed by atoms with Gasteiger partial charge in [-0.1, -0.05) is 53.0 Å². The van der Waals surface area contributed by atoms with Crippen LogP contribution in [0.5, 0.6) is 0 Å². The van der Waals surface area contributed by atoms with Gasteiger partial charge in [-0.3, -0.25) is 0 Å². The molecule has 0 N–H and O–H groups in total. The predicted molar refractivity (Wildman–Crippen MR) is 80.0 cm³/mol. The van der Waals surface area contributed by atoms with Gasteiger partial charge in [0.05, 0.1) is 12.0 Å². The van der Waals surface area contributed by atoms with Crippen LogP contribution in [-0.4, -0.2) is 0 Å². The highest BCUT2D eigenvalue weighted by atomic mass is 35.5. The molecule has 0 heterocycles. The number of hydrogen-bond donors (Lipinski definition) is 0. The normalized spacial score (nSPS) is 11.9. The van der Waals surface area contributed by atoms with Gasteiger partial charge in [0, 0.05) is 15.1 Å². The van der Waals surface area contributed by atoms with Gasteiger partial charge < -0.3 is 0 Å². The summed E-state index contributed by atoms with van der Waals surface area (Å²) in [7, 11) is 0. The number of hydrogen-bond acceptors (Lipinski definition) is 1. The third kappa shape index (κ3) is 3.64. The highest BCUT2D eigenvalue weighted by molar-refractivity contribution is 6.35. The Morgan fingerprint density at radius 2 is 1.58 bits per heavy atom. The molecule has 2 rings (SSSR count). The zero-order valence-electron chi connectivity index (χ0n) is 9.91. The summed E-state index contributed by atoms with van der Waals surface area (Å²) in [5, 5.41) is 11.1. The molecule has 0 aromatic heterocycles. The fourth-order valence-corrected chi connectivity index (χ4v) is 2.45. The Morgan fingerprint density at radius 1 is 0.947 bits per heavy atom. The molecule has 1 atom stereocenters. The van der Waals surface area contributed by atoms with Crippen molar-refractivity contribution in [2.24, 2.45) is 0 Å². The Bertz CT molecular complexity index is 614. The van der Waals surface area contributed by atoms with Crippen LogP contribution in [0.1, 0.15) is 17.0 Å². The van der Waals surface area contributed by atoms with Crippen molar-refractivity contribution < 1.29 is 0 Å². The molecule has 2 aromatic carbocycles. The monoisotopic (exact) mass is 309 g/mol. The molecule has 0 saturated carbocycles. The lowest BCUT2D eigenvalue weighted by Crippen LogP contribution is -2.01. The summed E-state index contributed by atoms with van der Waals surface area (Å²) >= 11 is 17.8. The molecule has 0 aliphatic rings. The van der Waals surface area contributed by atoms with Crippen molar-refractivity contribution in [3.63, 3.8) is 0 Å². The minimum atomic E-state index is -0.254. The second-order valence-corrected chi connectivity index (χ2v) is 5.45. The van der Waals surface area contributed by atoms with Crippen LogP contribution in [0.2, 0.25) is 15.1 Å². The smallest absolute Gasteiger partial charge is 0.0753 e. The zero-order chi connectivity index (χ0) is 13.8. The van der Waals surface area contributed by atoms with Gasteiger partial charge >= 0.3 is 0 Å². The van der Waals surface area contributed by atoms with Crippen LogP contribution in [-0.2, 0) is 6.42 Å². The maximum absolute atomic E-state index is 9.30. The average molecular weight is 311 g/mol. The third-order valence-corrected chi connectivity index (χ3v) is 3.71. The van der Waals surface area contributed by atoms with E-state index in [1.807, 2.05) is 18.2 Å². The summed E-state index contributed by atoms with van der Waals surface area (Å²) in [5.74, 6) is -0.254. The van der Waals surface area contributed by atoms with Gasteiger partial charge in [-0.05, 0) is 41.8 Å². The number of nitriles is 1. The van der Waals surface area contributed by atoms with Crippen molar-refractivity contribution in [2.45, 2.75) is 12.3 Å². The van der Waals surface area contributed by atoms with Gasteiger partial charge in [0.2, 0.25) is 0 Å². The van der Waals surface area contributed by atoms with Crippen molar-refractivity contribution in [1.82, 2.24) is 0 Å². The van der Waals surface area contributed by atoms with E-state index in [0.29, 0.717) is 21.5 Å². The van der Waals surface area contributed by atoms with E-state index in [-0.39, 0.29) is 5.92 Å². The van der Waals surface area contributed by atoms with E-state index in [0.717, 1.165) is 11.1 Å². The Morgan fingerprint density at radius 3 is 2.16 bits per heavy atom. The molecular formula is C15H10Cl3N. The van der Waals surface area contributed by atoms with Crippen LogP contribution in [0.15, 0.2) is 42.5 Å². The highest BCUT2D eigenvalue weighted by Crippen LogP contribution is 2.27. The maximum atomic E-state index is 9.30. The Kier molecular flexibility index (Phi) is 4.71. The van der Waals surface area contributed by atoms with Gasteiger partial charge in [0.25, 0.3) is 0 Å².